The van der Waals surface area contributed by atoms with Crippen LogP contribution in [0.3, 0.4) is 0 Å². The first-order valence-electron chi connectivity index (χ1n) is 5.94. The Hall–Kier alpha value is -1.96. The molecule has 1 amide bonds. The number of aliphatic hydroxyl groups excluding tert-OH is 1. The Morgan fingerprint density at radius 1 is 1.10 bits per heavy atom. The number of esters is 2. The lowest BCUT2D eigenvalue weighted by atomic mass is 10.0. The van der Waals surface area contributed by atoms with Gasteiger partial charge in [-0.05, 0) is 6.92 Å². The summed E-state index contributed by atoms with van der Waals surface area (Å²) in [6, 6.07) is -1.18. The Bertz CT molecular complexity index is 380. The third-order valence-corrected chi connectivity index (χ3v) is 2.29. The molecule has 0 spiro atoms. The standard InChI is InChI=1S/C12H19NO7/c1-6(15)12(20-9(4)18)11(13-7(2)16)10(5-14)19-8(3)17/h5-6,10-12,15H,1-4H3,(H,13,16)/t6-,10-,11-,12-/m1/s1. The molecular weight excluding hydrogens is 270 g/mol. The molecule has 4 atom stereocenters. The van der Waals surface area contributed by atoms with E-state index in [1.54, 1.807) is 0 Å². The van der Waals surface area contributed by atoms with Gasteiger partial charge in [-0.25, -0.2) is 0 Å². The molecular formula is C12H19NO7. The molecule has 0 aliphatic carbocycles. The molecule has 114 valence electrons. The quantitative estimate of drug-likeness (QED) is 0.452. The van der Waals surface area contributed by atoms with E-state index in [1.807, 2.05) is 0 Å². The number of carbonyl (C=O) groups is 4. The second-order valence-electron chi connectivity index (χ2n) is 4.25. The normalized spacial score (nSPS) is 16.2. The fourth-order valence-corrected chi connectivity index (χ4v) is 1.63. The molecule has 0 aromatic heterocycles. The highest BCUT2D eigenvalue weighted by Crippen LogP contribution is 2.12. The summed E-state index contributed by atoms with van der Waals surface area (Å²) in [5.41, 5.74) is 0. The van der Waals surface area contributed by atoms with Crippen molar-refractivity contribution >= 4 is 24.1 Å². The number of aliphatic hydroxyl groups is 1. The summed E-state index contributed by atoms with van der Waals surface area (Å²) in [4.78, 5) is 44.2. The molecule has 0 aliphatic heterocycles. The van der Waals surface area contributed by atoms with Crippen molar-refractivity contribution in [2.75, 3.05) is 0 Å². The van der Waals surface area contributed by atoms with E-state index in [1.165, 1.54) is 13.8 Å². The molecule has 0 heterocycles. The van der Waals surface area contributed by atoms with Crippen LogP contribution in [0, 0.1) is 0 Å². The average Bonchev–Trinajstić information content (AvgIpc) is 2.29. The molecule has 0 fully saturated rings. The number of ether oxygens (including phenoxy) is 2. The molecule has 2 N–H and O–H groups in total. The lowest BCUT2D eigenvalue weighted by Crippen LogP contribution is -2.56. The van der Waals surface area contributed by atoms with E-state index >= 15 is 0 Å². The maximum atomic E-state index is 11.2. The van der Waals surface area contributed by atoms with Crippen molar-refractivity contribution in [3.8, 4) is 0 Å². The number of hydrogen-bond acceptors (Lipinski definition) is 7. The zero-order chi connectivity index (χ0) is 15.9. The maximum absolute atomic E-state index is 11.2. The first kappa shape index (κ1) is 18.0. The highest BCUT2D eigenvalue weighted by atomic mass is 16.6. The van der Waals surface area contributed by atoms with Crippen molar-refractivity contribution in [2.45, 2.75) is 52.0 Å². The van der Waals surface area contributed by atoms with Crippen LogP contribution in [-0.2, 0) is 28.7 Å². The summed E-state index contributed by atoms with van der Waals surface area (Å²) in [5, 5.41) is 12.0. The van der Waals surface area contributed by atoms with Gasteiger partial charge in [-0.2, -0.15) is 0 Å². The molecule has 0 saturated carbocycles. The summed E-state index contributed by atoms with van der Waals surface area (Å²) in [6.45, 7) is 4.69. The molecule has 8 heteroatoms. The minimum absolute atomic E-state index is 0.293. The number of carbonyl (C=O) groups excluding carboxylic acids is 4. The molecule has 20 heavy (non-hydrogen) atoms. The van der Waals surface area contributed by atoms with Crippen molar-refractivity contribution < 1.29 is 33.8 Å². The molecule has 0 unspecified atom stereocenters. The van der Waals surface area contributed by atoms with Gasteiger partial charge in [0.1, 0.15) is 6.04 Å². The molecule has 0 saturated heterocycles. The lowest BCUT2D eigenvalue weighted by Gasteiger charge is -2.31. The largest absolute Gasteiger partial charge is 0.457 e. The molecule has 0 aliphatic rings. The van der Waals surface area contributed by atoms with E-state index < -0.39 is 42.2 Å². The highest BCUT2D eigenvalue weighted by Gasteiger charge is 2.37. The van der Waals surface area contributed by atoms with Crippen LogP contribution >= 0.6 is 0 Å². The third-order valence-electron chi connectivity index (χ3n) is 2.29. The fourth-order valence-electron chi connectivity index (χ4n) is 1.63. The Balaban J connectivity index is 5.33. The van der Waals surface area contributed by atoms with E-state index in [0.717, 1.165) is 13.8 Å². The van der Waals surface area contributed by atoms with Crippen molar-refractivity contribution in [2.24, 2.45) is 0 Å². The number of rotatable bonds is 7. The second kappa shape index (κ2) is 8.26. The number of amides is 1. The number of hydrogen-bond donors (Lipinski definition) is 2. The third kappa shape index (κ3) is 6.28. The molecule has 0 aromatic rings. The van der Waals surface area contributed by atoms with Gasteiger partial charge in [-0.3, -0.25) is 19.2 Å². The Morgan fingerprint density at radius 3 is 1.90 bits per heavy atom. The van der Waals surface area contributed by atoms with Crippen LogP contribution in [0.15, 0.2) is 0 Å². The van der Waals surface area contributed by atoms with Crippen LogP contribution in [0.4, 0.5) is 0 Å². The summed E-state index contributed by atoms with van der Waals surface area (Å²) in [5.74, 6) is -1.99. The van der Waals surface area contributed by atoms with E-state index in [4.69, 9.17) is 9.47 Å². The monoisotopic (exact) mass is 289 g/mol. The van der Waals surface area contributed by atoms with Crippen molar-refractivity contribution in [1.82, 2.24) is 5.32 Å². The predicted molar refractivity (Wildman–Crippen MR) is 66.5 cm³/mol. The van der Waals surface area contributed by atoms with Crippen LogP contribution in [0.2, 0.25) is 0 Å². The Morgan fingerprint density at radius 2 is 1.60 bits per heavy atom. The molecule has 0 radical (unpaired) electrons. The summed E-state index contributed by atoms with van der Waals surface area (Å²) >= 11 is 0. The van der Waals surface area contributed by atoms with Gasteiger partial charge in [0, 0.05) is 20.8 Å². The van der Waals surface area contributed by atoms with E-state index in [9.17, 15) is 24.3 Å². The summed E-state index contributed by atoms with van der Waals surface area (Å²) < 4.78 is 9.64. The van der Waals surface area contributed by atoms with Gasteiger partial charge in [0.25, 0.3) is 0 Å². The van der Waals surface area contributed by atoms with Gasteiger partial charge >= 0.3 is 11.9 Å². The number of nitrogens with one attached hydrogen (secondary N) is 1. The van der Waals surface area contributed by atoms with E-state index in [2.05, 4.69) is 5.32 Å². The summed E-state index contributed by atoms with van der Waals surface area (Å²) in [7, 11) is 0. The van der Waals surface area contributed by atoms with Gasteiger partial charge in [0.05, 0.1) is 6.10 Å². The first-order chi connectivity index (χ1) is 9.18. The molecule has 0 aromatic carbocycles. The smallest absolute Gasteiger partial charge is 0.303 e. The van der Waals surface area contributed by atoms with Gasteiger partial charge in [0.2, 0.25) is 5.91 Å². The molecule has 0 bridgehead atoms. The average molecular weight is 289 g/mol. The second-order valence-corrected chi connectivity index (χ2v) is 4.25. The van der Waals surface area contributed by atoms with E-state index in [0.29, 0.717) is 6.29 Å². The van der Waals surface area contributed by atoms with Crippen molar-refractivity contribution in [3.05, 3.63) is 0 Å². The van der Waals surface area contributed by atoms with Crippen LogP contribution in [0.1, 0.15) is 27.7 Å². The highest BCUT2D eigenvalue weighted by molar-refractivity contribution is 5.76. The van der Waals surface area contributed by atoms with Crippen molar-refractivity contribution in [3.63, 3.8) is 0 Å². The van der Waals surface area contributed by atoms with Gasteiger partial charge in [0.15, 0.2) is 18.5 Å². The lowest BCUT2D eigenvalue weighted by molar-refractivity contribution is -0.165. The Kier molecular flexibility index (Phi) is 7.45. The summed E-state index contributed by atoms with van der Waals surface area (Å²) in [6.07, 6.45) is -3.50. The van der Waals surface area contributed by atoms with Gasteiger partial charge in [-0.1, -0.05) is 0 Å². The number of aldehydes is 1. The zero-order valence-electron chi connectivity index (χ0n) is 11.8. The predicted octanol–water partition coefficient (Wildman–Crippen LogP) is -1.07. The minimum Gasteiger partial charge on any atom is -0.457 e. The molecule has 8 nitrogen and oxygen atoms in total. The van der Waals surface area contributed by atoms with Crippen molar-refractivity contribution in [1.29, 1.82) is 0 Å². The Labute approximate surface area is 116 Å². The topological polar surface area (TPSA) is 119 Å². The minimum atomic E-state index is -1.38. The fraction of sp³-hybridized carbons (Fsp3) is 0.667. The molecule has 0 rings (SSSR count). The SMILES string of the molecule is CC(=O)N[C@@H]([C@H](OC(C)=O)[C@@H](C)O)[C@@H](C=O)OC(C)=O. The zero-order valence-corrected chi connectivity index (χ0v) is 11.8. The maximum Gasteiger partial charge on any atom is 0.303 e. The van der Waals surface area contributed by atoms with Crippen LogP contribution < -0.4 is 5.32 Å². The van der Waals surface area contributed by atoms with Gasteiger partial charge in [-0.15, -0.1) is 0 Å². The van der Waals surface area contributed by atoms with Crippen LogP contribution in [-0.4, -0.2) is 53.6 Å². The van der Waals surface area contributed by atoms with Crippen LogP contribution in [0.25, 0.3) is 0 Å². The van der Waals surface area contributed by atoms with Crippen LogP contribution in [0.5, 0.6) is 0 Å². The van der Waals surface area contributed by atoms with Gasteiger partial charge < -0.3 is 19.9 Å². The van der Waals surface area contributed by atoms with E-state index in [-0.39, 0.29) is 0 Å². The first-order valence-corrected chi connectivity index (χ1v) is 5.94.